The molecule has 1 aliphatic heterocycles. The van der Waals surface area contributed by atoms with Gasteiger partial charge < -0.3 is 14.2 Å². The minimum absolute atomic E-state index is 0.0228. The van der Waals surface area contributed by atoms with Crippen LogP contribution in [0.3, 0.4) is 0 Å². The maximum Gasteiger partial charge on any atom is 0.336 e. The number of hydrogen-bond acceptors (Lipinski definition) is 6. The summed E-state index contributed by atoms with van der Waals surface area (Å²) in [7, 11) is 2.72. The zero-order chi connectivity index (χ0) is 27.6. The minimum Gasteiger partial charge on any atom is -0.495 e. The van der Waals surface area contributed by atoms with Crippen molar-refractivity contribution in [3.8, 4) is 17.2 Å². The lowest BCUT2D eigenvalue weighted by atomic mass is 10.1. The summed E-state index contributed by atoms with van der Waals surface area (Å²) in [4.78, 5) is 39.8. The van der Waals surface area contributed by atoms with Crippen molar-refractivity contribution in [3.63, 3.8) is 0 Å². The predicted octanol–water partition coefficient (Wildman–Crippen LogP) is 6.56. The Balaban J connectivity index is 1.73. The number of hydrogen-bond donors (Lipinski definition) is 1. The van der Waals surface area contributed by atoms with E-state index in [0.717, 1.165) is 4.90 Å². The number of amides is 4. The highest BCUT2D eigenvalue weighted by Gasteiger charge is 2.39. The lowest BCUT2D eigenvalue weighted by Gasteiger charge is -2.28. The molecule has 4 rings (SSSR count). The van der Waals surface area contributed by atoms with Gasteiger partial charge in [-0.1, -0.05) is 52.5 Å². The van der Waals surface area contributed by atoms with E-state index in [2.05, 4.69) is 5.32 Å². The summed E-state index contributed by atoms with van der Waals surface area (Å²) in [5, 5.41) is 3.58. The smallest absolute Gasteiger partial charge is 0.336 e. The standard InChI is InChI=1S/C26H18Cl4N2O6/c1-36-22-11-20(23(37-2)10-19(22)30)32-25(34)17(24(33)31-26(32)35)8-14-7-15(27)5-6-21(14)38-12-13-3-4-16(28)9-18(13)29/h3-11H,12H2,1-2H3,(H,31,33,35)/b17-8+. The summed E-state index contributed by atoms with van der Waals surface area (Å²) in [5.41, 5.74) is 0.652. The van der Waals surface area contributed by atoms with E-state index in [9.17, 15) is 14.4 Å². The van der Waals surface area contributed by atoms with Gasteiger partial charge in [0.1, 0.15) is 29.4 Å². The van der Waals surface area contributed by atoms with E-state index in [1.807, 2.05) is 0 Å². The summed E-state index contributed by atoms with van der Waals surface area (Å²) < 4.78 is 16.4. The Labute approximate surface area is 237 Å². The van der Waals surface area contributed by atoms with Gasteiger partial charge in [-0.25, -0.2) is 9.69 Å². The summed E-state index contributed by atoms with van der Waals surface area (Å²) >= 11 is 24.5. The van der Waals surface area contributed by atoms with Crippen molar-refractivity contribution in [1.29, 1.82) is 0 Å². The number of nitrogens with zero attached hydrogens (tertiary/aromatic N) is 1. The molecule has 0 aliphatic carbocycles. The first-order valence-corrected chi connectivity index (χ1v) is 12.3. The molecular weight excluding hydrogens is 578 g/mol. The third-order valence-electron chi connectivity index (χ3n) is 5.47. The molecule has 1 fully saturated rings. The maximum atomic E-state index is 13.5. The van der Waals surface area contributed by atoms with E-state index in [0.29, 0.717) is 31.9 Å². The van der Waals surface area contributed by atoms with E-state index in [-0.39, 0.29) is 34.4 Å². The fourth-order valence-corrected chi connectivity index (χ4v) is 4.48. The molecule has 0 atom stereocenters. The van der Waals surface area contributed by atoms with Crippen LogP contribution >= 0.6 is 46.4 Å². The number of halogens is 4. The van der Waals surface area contributed by atoms with E-state index in [1.54, 1.807) is 30.3 Å². The van der Waals surface area contributed by atoms with Gasteiger partial charge in [-0.05, 0) is 36.4 Å². The quantitative estimate of drug-likeness (QED) is 0.245. The molecular formula is C26H18Cl4N2O6. The van der Waals surface area contributed by atoms with Crippen molar-refractivity contribution < 1.29 is 28.6 Å². The van der Waals surface area contributed by atoms with E-state index < -0.39 is 17.8 Å². The Morgan fingerprint density at radius 1 is 0.816 bits per heavy atom. The molecule has 4 amide bonds. The minimum atomic E-state index is -0.972. The molecule has 0 unspecified atom stereocenters. The van der Waals surface area contributed by atoms with E-state index in [4.69, 9.17) is 60.6 Å². The van der Waals surface area contributed by atoms with Gasteiger partial charge in [0.2, 0.25) is 0 Å². The SMILES string of the molecule is COc1cc(N2C(=O)NC(=O)/C(=C\c3cc(Cl)ccc3OCc3ccc(Cl)cc3Cl)C2=O)c(OC)cc1Cl. The highest BCUT2D eigenvalue weighted by molar-refractivity contribution is 6.40. The molecule has 196 valence electrons. The van der Waals surface area contributed by atoms with Gasteiger partial charge in [-0.15, -0.1) is 0 Å². The number of methoxy groups -OCH3 is 2. The molecule has 1 heterocycles. The van der Waals surface area contributed by atoms with Gasteiger partial charge in [-0.2, -0.15) is 0 Å². The molecule has 0 spiro atoms. The molecule has 0 saturated carbocycles. The number of benzene rings is 3. The summed E-state index contributed by atoms with van der Waals surface area (Å²) in [5.74, 6) is -1.20. The van der Waals surface area contributed by atoms with Crippen molar-refractivity contribution in [2.75, 3.05) is 19.1 Å². The van der Waals surface area contributed by atoms with Crippen LogP contribution in [0, 0.1) is 0 Å². The topological polar surface area (TPSA) is 94.2 Å². The van der Waals surface area contributed by atoms with Gasteiger partial charge in [0.25, 0.3) is 11.8 Å². The third-order valence-corrected chi connectivity index (χ3v) is 6.58. The second-order valence-electron chi connectivity index (χ2n) is 7.82. The highest BCUT2D eigenvalue weighted by atomic mass is 35.5. The number of urea groups is 1. The van der Waals surface area contributed by atoms with Crippen molar-refractivity contribution >= 4 is 76.0 Å². The summed E-state index contributed by atoms with van der Waals surface area (Å²) in [6.45, 7) is 0.0698. The zero-order valence-electron chi connectivity index (χ0n) is 19.8. The number of rotatable bonds is 7. The largest absolute Gasteiger partial charge is 0.495 e. The lowest BCUT2D eigenvalue weighted by Crippen LogP contribution is -2.54. The van der Waals surface area contributed by atoms with Crippen LogP contribution in [-0.2, 0) is 16.2 Å². The van der Waals surface area contributed by atoms with Crippen molar-refractivity contribution in [2.45, 2.75) is 6.61 Å². The van der Waals surface area contributed by atoms with Crippen molar-refractivity contribution in [1.82, 2.24) is 5.32 Å². The number of anilines is 1. The number of carbonyl (C=O) groups excluding carboxylic acids is 3. The maximum absolute atomic E-state index is 13.5. The zero-order valence-corrected chi connectivity index (χ0v) is 22.8. The normalized spacial score (nSPS) is 14.5. The Morgan fingerprint density at radius 3 is 2.18 bits per heavy atom. The second-order valence-corrected chi connectivity index (χ2v) is 9.51. The number of imide groups is 2. The van der Waals surface area contributed by atoms with Crippen LogP contribution in [-0.4, -0.2) is 32.1 Å². The summed E-state index contributed by atoms with van der Waals surface area (Å²) in [6.07, 6.45) is 1.28. The Bertz CT molecular complexity index is 1490. The second kappa shape index (κ2) is 11.5. The fourth-order valence-electron chi connectivity index (χ4n) is 3.61. The molecule has 8 nitrogen and oxygen atoms in total. The molecule has 0 aromatic heterocycles. The fraction of sp³-hybridized carbons (Fsp3) is 0.115. The van der Waals surface area contributed by atoms with Crippen LogP contribution in [0.5, 0.6) is 17.2 Å². The lowest BCUT2D eigenvalue weighted by molar-refractivity contribution is -0.122. The first-order valence-electron chi connectivity index (χ1n) is 10.8. The first-order chi connectivity index (χ1) is 18.1. The van der Waals surface area contributed by atoms with Crippen LogP contribution in [0.4, 0.5) is 10.5 Å². The number of ether oxygens (including phenoxy) is 3. The van der Waals surface area contributed by atoms with Crippen LogP contribution < -0.4 is 24.4 Å². The van der Waals surface area contributed by atoms with Crippen LogP contribution in [0.2, 0.25) is 20.1 Å². The number of nitrogens with one attached hydrogen (secondary N) is 1. The number of barbiturate groups is 1. The Kier molecular flexibility index (Phi) is 8.38. The molecule has 1 saturated heterocycles. The van der Waals surface area contributed by atoms with Crippen LogP contribution in [0.1, 0.15) is 11.1 Å². The van der Waals surface area contributed by atoms with E-state index >= 15 is 0 Å². The van der Waals surface area contributed by atoms with Crippen LogP contribution in [0.15, 0.2) is 54.1 Å². The summed E-state index contributed by atoms with van der Waals surface area (Å²) in [6, 6.07) is 11.4. The Morgan fingerprint density at radius 2 is 1.50 bits per heavy atom. The van der Waals surface area contributed by atoms with Gasteiger partial charge >= 0.3 is 6.03 Å². The molecule has 0 radical (unpaired) electrons. The highest BCUT2D eigenvalue weighted by Crippen LogP contribution is 2.39. The van der Waals surface area contributed by atoms with Gasteiger partial charge in [0, 0.05) is 38.3 Å². The molecule has 38 heavy (non-hydrogen) atoms. The van der Waals surface area contributed by atoms with Gasteiger partial charge in [-0.3, -0.25) is 14.9 Å². The number of carbonyl (C=O) groups is 3. The van der Waals surface area contributed by atoms with E-state index in [1.165, 1.54) is 38.5 Å². The molecule has 12 heteroatoms. The first kappa shape index (κ1) is 27.6. The third kappa shape index (κ3) is 5.68. The molecule has 1 aliphatic rings. The monoisotopic (exact) mass is 594 g/mol. The predicted molar refractivity (Wildman–Crippen MR) is 146 cm³/mol. The average molecular weight is 596 g/mol. The van der Waals surface area contributed by atoms with Gasteiger partial charge in [0.05, 0.1) is 24.9 Å². The molecule has 3 aromatic rings. The average Bonchev–Trinajstić information content (AvgIpc) is 2.87. The molecule has 3 aromatic carbocycles. The Hall–Kier alpha value is -3.43. The molecule has 1 N–H and O–H groups in total. The molecule has 0 bridgehead atoms. The van der Waals surface area contributed by atoms with Crippen molar-refractivity contribution in [3.05, 3.63) is 85.3 Å². The van der Waals surface area contributed by atoms with Crippen LogP contribution in [0.25, 0.3) is 6.08 Å². The van der Waals surface area contributed by atoms with Gasteiger partial charge in [0.15, 0.2) is 0 Å². The van der Waals surface area contributed by atoms with Crippen molar-refractivity contribution in [2.24, 2.45) is 0 Å².